The van der Waals surface area contributed by atoms with Gasteiger partial charge in [-0.05, 0) is 32.4 Å². The first kappa shape index (κ1) is 15.7. The molecular formula is C17H20FN3O2. The highest BCUT2D eigenvalue weighted by atomic mass is 19.1. The number of oxazole rings is 1. The molecule has 0 saturated carbocycles. The van der Waals surface area contributed by atoms with Crippen molar-refractivity contribution >= 4 is 5.91 Å². The minimum atomic E-state index is -0.238. The van der Waals surface area contributed by atoms with Gasteiger partial charge in [-0.25, -0.2) is 9.37 Å². The van der Waals surface area contributed by atoms with E-state index in [1.165, 1.54) is 12.5 Å². The van der Waals surface area contributed by atoms with Gasteiger partial charge in [0, 0.05) is 24.7 Å². The predicted molar refractivity (Wildman–Crippen MR) is 83.4 cm³/mol. The highest BCUT2D eigenvalue weighted by Gasteiger charge is 2.24. The molecule has 0 radical (unpaired) electrons. The lowest BCUT2D eigenvalue weighted by atomic mass is 10.0. The number of nitrogens with zero attached hydrogens (tertiary/aromatic N) is 2. The third kappa shape index (κ3) is 3.76. The molecule has 2 heterocycles. The Morgan fingerprint density at radius 2 is 2.30 bits per heavy atom. The number of aryl methyl sites for hydroxylation is 1. The summed E-state index contributed by atoms with van der Waals surface area (Å²) in [5.41, 5.74) is 1.27. The molecule has 2 aromatic rings. The average Bonchev–Trinajstić information content (AvgIpc) is 2.96. The number of likely N-dealkylation sites (tertiary alicyclic amines) is 1. The van der Waals surface area contributed by atoms with Gasteiger partial charge >= 0.3 is 0 Å². The molecule has 1 aliphatic heterocycles. The molecule has 1 aromatic carbocycles. The van der Waals surface area contributed by atoms with Gasteiger partial charge < -0.3 is 9.73 Å². The number of halogens is 1. The molecule has 1 atom stereocenters. The number of aromatic nitrogens is 1. The molecule has 1 aromatic heterocycles. The molecule has 1 saturated heterocycles. The molecule has 5 nitrogen and oxygen atoms in total. The van der Waals surface area contributed by atoms with Crippen LogP contribution in [0.1, 0.15) is 34.7 Å². The fraction of sp³-hybridized carbons (Fsp3) is 0.412. The lowest BCUT2D eigenvalue weighted by Gasteiger charge is -2.33. The Bertz CT molecular complexity index is 686. The monoisotopic (exact) mass is 317 g/mol. The predicted octanol–water partition coefficient (Wildman–Crippen LogP) is 2.52. The zero-order valence-electron chi connectivity index (χ0n) is 13.1. The fourth-order valence-electron chi connectivity index (χ4n) is 2.96. The second kappa shape index (κ2) is 6.91. The van der Waals surface area contributed by atoms with Crippen LogP contribution in [0.2, 0.25) is 0 Å². The van der Waals surface area contributed by atoms with Crippen LogP contribution in [0.25, 0.3) is 0 Å². The molecule has 1 N–H and O–H groups in total. The zero-order valence-corrected chi connectivity index (χ0v) is 13.1. The van der Waals surface area contributed by atoms with Crippen molar-refractivity contribution in [2.75, 3.05) is 13.1 Å². The van der Waals surface area contributed by atoms with Crippen molar-refractivity contribution in [1.29, 1.82) is 0 Å². The summed E-state index contributed by atoms with van der Waals surface area (Å²) in [6, 6.07) is 6.85. The van der Waals surface area contributed by atoms with E-state index in [0.29, 0.717) is 24.3 Å². The fourth-order valence-corrected chi connectivity index (χ4v) is 2.96. The lowest BCUT2D eigenvalue weighted by Crippen LogP contribution is -2.47. The topological polar surface area (TPSA) is 58.4 Å². The Morgan fingerprint density at radius 1 is 1.48 bits per heavy atom. The minimum absolute atomic E-state index is 0.0347. The number of rotatable bonds is 4. The molecule has 1 fully saturated rings. The van der Waals surface area contributed by atoms with E-state index in [2.05, 4.69) is 15.2 Å². The maximum Gasteiger partial charge on any atom is 0.289 e. The highest BCUT2D eigenvalue weighted by Crippen LogP contribution is 2.16. The first-order valence-electron chi connectivity index (χ1n) is 7.80. The summed E-state index contributed by atoms with van der Waals surface area (Å²) in [7, 11) is 0. The molecular weight excluding hydrogens is 297 g/mol. The Labute approximate surface area is 134 Å². The minimum Gasteiger partial charge on any atom is -0.438 e. The molecule has 1 aliphatic rings. The van der Waals surface area contributed by atoms with E-state index in [4.69, 9.17) is 4.42 Å². The molecule has 1 unspecified atom stereocenters. The van der Waals surface area contributed by atoms with Gasteiger partial charge in [0.2, 0.25) is 5.76 Å². The number of hydrogen-bond donors (Lipinski definition) is 1. The van der Waals surface area contributed by atoms with Crippen molar-refractivity contribution < 1.29 is 13.6 Å². The van der Waals surface area contributed by atoms with Gasteiger partial charge in [-0.1, -0.05) is 18.2 Å². The second-order valence-electron chi connectivity index (χ2n) is 5.91. The lowest BCUT2D eigenvalue weighted by molar-refractivity contribution is 0.0871. The largest absolute Gasteiger partial charge is 0.438 e. The Balaban J connectivity index is 1.59. The summed E-state index contributed by atoms with van der Waals surface area (Å²) in [6.45, 7) is 3.90. The molecule has 1 amide bonds. The van der Waals surface area contributed by atoms with E-state index >= 15 is 0 Å². The van der Waals surface area contributed by atoms with E-state index in [0.717, 1.165) is 19.4 Å². The quantitative estimate of drug-likeness (QED) is 0.941. The standard InChI is InChI=1S/C17H20FN3O2/c1-12-16(23-11-19-12)17(22)20-14-6-4-8-21(10-14)9-13-5-2-3-7-15(13)18/h2-3,5,7,11,14H,4,6,8-10H2,1H3,(H,20,22). The maximum atomic E-state index is 13.8. The first-order valence-corrected chi connectivity index (χ1v) is 7.80. The number of carbonyl (C=O) groups is 1. The molecule has 6 heteroatoms. The molecule has 0 bridgehead atoms. The van der Waals surface area contributed by atoms with Crippen LogP contribution in [0.4, 0.5) is 4.39 Å². The normalized spacial score (nSPS) is 18.8. The van der Waals surface area contributed by atoms with Gasteiger partial charge in [-0.15, -0.1) is 0 Å². The van der Waals surface area contributed by atoms with Crippen molar-refractivity contribution in [2.24, 2.45) is 0 Å². The van der Waals surface area contributed by atoms with Crippen molar-refractivity contribution in [3.63, 3.8) is 0 Å². The molecule has 0 spiro atoms. The molecule has 3 rings (SSSR count). The number of nitrogens with one attached hydrogen (secondary N) is 1. The Kier molecular flexibility index (Phi) is 4.71. The SMILES string of the molecule is Cc1ncoc1C(=O)NC1CCCN(Cc2ccccc2F)C1. The van der Waals surface area contributed by atoms with Gasteiger partial charge in [0.15, 0.2) is 6.39 Å². The van der Waals surface area contributed by atoms with Gasteiger partial charge in [-0.2, -0.15) is 0 Å². The number of hydrogen-bond acceptors (Lipinski definition) is 4. The second-order valence-corrected chi connectivity index (χ2v) is 5.91. The smallest absolute Gasteiger partial charge is 0.289 e. The first-order chi connectivity index (χ1) is 11.1. The van der Waals surface area contributed by atoms with Crippen molar-refractivity contribution in [2.45, 2.75) is 32.4 Å². The van der Waals surface area contributed by atoms with Crippen molar-refractivity contribution in [3.8, 4) is 0 Å². The van der Waals surface area contributed by atoms with Gasteiger partial charge in [0.1, 0.15) is 5.82 Å². The van der Waals surface area contributed by atoms with Crippen LogP contribution in [-0.4, -0.2) is 34.9 Å². The highest BCUT2D eigenvalue weighted by molar-refractivity contribution is 5.92. The van der Waals surface area contributed by atoms with Crippen LogP contribution in [0, 0.1) is 12.7 Å². The number of benzene rings is 1. The molecule has 122 valence electrons. The average molecular weight is 317 g/mol. The Morgan fingerprint density at radius 3 is 3.04 bits per heavy atom. The third-order valence-electron chi connectivity index (χ3n) is 4.14. The summed E-state index contributed by atoms with van der Waals surface area (Å²) < 4.78 is 18.9. The molecule has 0 aliphatic carbocycles. The van der Waals surface area contributed by atoms with Crippen molar-refractivity contribution in [3.05, 3.63) is 53.5 Å². The Hall–Kier alpha value is -2.21. The summed E-state index contributed by atoms with van der Waals surface area (Å²) >= 11 is 0. The van der Waals surface area contributed by atoms with E-state index in [9.17, 15) is 9.18 Å². The van der Waals surface area contributed by atoms with Gasteiger partial charge in [0.25, 0.3) is 5.91 Å². The van der Waals surface area contributed by atoms with E-state index in [1.807, 2.05) is 6.07 Å². The summed E-state index contributed by atoms with van der Waals surface area (Å²) in [4.78, 5) is 18.3. The third-order valence-corrected chi connectivity index (χ3v) is 4.14. The number of piperidine rings is 1. The van der Waals surface area contributed by atoms with Gasteiger partial charge in [0.05, 0.1) is 5.69 Å². The van der Waals surface area contributed by atoms with E-state index < -0.39 is 0 Å². The van der Waals surface area contributed by atoms with Crippen LogP contribution >= 0.6 is 0 Å². The summed E-state index contributed by atoms with van der Waals surface area (Å²) in [5.74, 6) is -0.162. The number of amides is 1. The van der Waals surface area contributed by atoms with Crippen molar-refractivity contribution in [1.82, 2.24) is 15.2 Å². The molecule has 23 heavy (non-hydrogen) atoms. The number of carbonyl (C=O) groups excluding carboxylic acids is 1. The van der Waals surface area contributed by atoms with Crippen LogP contribution in [0.3, 0.4) is 0 Å². The van der Waals surface area contributed by atoms with Crippen LogP contribution < -0.4 is 5.32 Å². The van der Waals surface area contributed by atoms with E-state index in [-0.39, 0.29) is 23.5 Å². The zero-order chi connectivity index (χ0) is 16.2. The summed E-state index contributed by atoms with van der Waals surface area (Å²) in [5, 5.41) is 2.98. The maximum absolute atomic E-state index is 13.8. The summed E-state index contributed by atoms with van der Waals surface area (Å²) in [6.07, 6.45) is 3.15. The van der Waals surface area contributed by atoms with Gasteiger partial charge in [-0.3, -0.25) is 9.69 Å². The van der Waals surface area contributed by atoms with Crippen LogP contribution in [-0.2, 0) is 6.54 Å². The van der Waals surface area contributed by atoms with E-state index in [1.54, 1.807) is 19.1 Å². The van der Waals surface area contributed by atoms with Crippen LogP contribution in [0.5, 0.6) is 0 Å². The van der Waals surface area contributed by atoms with Crippen LogP contribution in [0.15, 0.2) is 35.1 Å².